The second kappa shape index (κ2) is 7.57. The minimum absolute atomic E-state index is 0.278. The smallest absolute Gasteiger partial charge is 0.247 e. The van der Waals surface area contributed by atoms with E-state index >= 15 is 0 Å². The summed E-state index contributed by atoms with van der Waals surface area (Å²) in [6, 6.07) is 9.73. The van der Waals surface area contributed by atoms with Crippen molar-refractivity contribution in [1.29, 1.82) is 0 Å². The molecular weight excluding hydrogens is 388 g/mol. The molecule has 0 atom stereocenters. The third-order valence-electron chi connectivity index (χ3n) is 5.42. The van der Waals surface area contributed by atoms with Gasteiger partial charge in [0.15, 0.2) is 0 Å². The predicted octanol–water partition coefficient (Wildman–Crippen LogP) is 4.99. The van der Waals surface area contributed by atoms with Crippen LogP contribution >= 0.6 is 0 Å². The van der Waals surface area contributed by atoms with E-state index in [4.69, 9.17) is 4.74 Å². The molecule has 4 aromatic rings. The van der Waals surface area contributed by atoms with E-state index < -0.39 is 0 Å². The van der Waals surface area contributed by atoms with Crippen molar-refractivity contribution >= 4 is 28.7 Å². The van der Waals surface area contributed by atoms with Crippen LogP contribution in [0.5, 0.6) is 5.75 Å². The Labute approximate surface area is 179 Å². The molecule has 1 amide bonds. The highest BCUT2D eigenvalue weighted by molar-refractivity contribution is 6.00. The van der Waals surface area contributed by atoms with Crippen LogP contribution in [0.15, 0.2) is 67.7 Å². The SMILES string of the molecule is C=CC(=O)Nc1cc(OC)cc(-c2cnc3[nH]cc(-c4ccnc5c4C=CC5)c3c2)c1. The number of carbonyl (C=O) groups excluding carboxylic acids is 1. The Morgan fingerprint density at radius 2 is 2.10 bits per heavy atom. The standard InChI is InChI=1S/C25H20N4O2/c1-3-24(30)29-17-9-15(10-18(12-17)31-2)16-11-21-22(14-28-25(21)27-13-16)19-7-8-26-23-6-4-5-20(19)23/h3-5,7-14H,1,6H2,2H3,(H,27,28)(H,29,30). The van der Waals surface area contributed by atoms with Crippen LogP contribution in [0.4, 0.5) is 5.69 Å². The molecule has 152 valence electrons. The molecule has 0 aliphatic heterocycles. The number of benzene rings is 1. The Morgan fingerprint density at radius 1 is 1.19 bits per heavy atom. The number of nitrogens with zero attached hydrogens (tertiary/aromatic N) is 2. The summed E-state index contributed by atoms with van der Waals surface area (Å²) < 4.78 is 5.43. The topological polar surface area (TPSA) is 79.9 Å². The lowest BCUT2D eigenvalue weighted by atomic mass is 9.99. The number of hydrogen-bond acceptors (Lipinski definition) is 4. The van der Waals surface area contributed by atoms with Gasteiger partial charge in [-0.15, -0.1) is 0 Å². The van der Waals surface area contributed by atoms with Crippen LogP contribution in [-0.4, -0.2) is 28.0 Å². The maximum absolute atomic E-state index is 11.8. The normalized spacial score (nSPS) is 12.0. The van der Waals surface area contributed by atoms with Gasteiger partial charge in [-0.2, -0.15) is 0 Å². The molecule has 6 nitrogen and oxygen atoms in total. The van der Waals surface area contributed by atoms with Crippen molar-refractivity contribution in [3.63, 3.8) is 0 Å². The van der Waals surface area contributed by atoms with E-state index in [1.807, 2.05) is 36.8 Å². The Balaban J connectivity index is 1.63. The zero-order valence-corrected chi connectivity index (χ0v) is 17.0. The van der Waals surface area contributed by atoms with E-state index in [0.29, 0.717) is 11.4 Å². The van der Waals surface area contributed by atoms with E-state index in [2.05, 4.69) is 45.1 Å². The van der Waals surface area contributed by atoms with E-state index in [1.165, 1.54) is 6.08 Å². The maximum Gasteiger partial charge on any atom is 0.247 e. The molecule has 0 unspecified atom stereocenters. The Hall–Kier alpha value is -4.19. The number of anilines is 1. The van der Waals surface area contributed by atoms with Crippen molar-refractivity contribution in [1.82, 2.24) is 15.0 Å². The van der Waals surface area contributed by atoms with Gasteiger partial charge in [0, 0.05) is 58.8 Å². The third-order valence-corrected chi connectivity index (χ3v) is 5.42. The van der Waals surface area contributed by atoms with Crippen molar-refractivity contribution < 1.29 is 9.53 Å². The van der Waals surface area contributed by atoms with Crippen LogP contribution in [0.25, 0.3) is 39.4 Å². The number of amides is 1. The molecular formula is C25H20N4O2. The molecule has 0 saturated carbocycles. The number of allylic oxidation sites excluding steroid dienone is 1. The molecule has 31 heavy (non-hydrogen) atoms. The van der Waals surface area contributed by atoms with Gasteiger partial charge in [-0.1, -0.05) is 18.7 Å². The van der Waals surface area contributed by atoms with Crippen molar-refractivity contribution in [2.75, 3.05) is 12.4 Å². The van der Waals surface area contributed by atoms with Crippen molar-refractivity contribution in [2.24, 2.45) is 0 Å². The average Bonchev–Trinajstić information content (AvgIpc) is 3.45. The first-order valence-electron chi connectivity index (χ1n) is 9.91. The zero-order chi connectivity index (χ0) is 21.4. The van der Waals surface area contributed by atoms with Gasteiger partial charge in [-0.05, 0) is 41.5 Å². The first kappa shape index (κ1) is 18.8. The number of methoxy groups -OCH3 is 1. The molecule has 5 rings (SSSR count). The van der Waals surface area contributed by atoms with Crippen LogP contribution in [0.3, 0.4) is 0 Å². The lowest BCUT2D eigenvalue weighted by Crippen LogP contribution is -2.07. The molecule has 0 saturated heterocycles. The minimum Gasteiger partial charge on any atom is -0.497 e. The number of H-pyrrole nitrogens is 1. The fraction of sp³-hybridized carbons (Fsp3) is 0.0800. The molecule has 1 aromatic carbocycles. The van der Waals surface area contributed by atoms with Gasteiger partial charge in [0.2, 0.25) is 5.91 Å². The largest absolute Gasteiger partial charge is 0.497 e. The van der Waals surface area contributed by atoms with E-state index in [0.717, 1.165) is 51.0 Å². The van der Waals surface area contributed by atoms with E-state index in [-0.39, 0.29) is 5.91 Å². The van der Waals surface area contributed by atoms with E-state index in [9.17, 15) is 4.79 Å². The van der Waals surface area contributed by atoms with Gasteiger partial charge >= 0.3 is 0 Å². The summed E-state index contributed by atoms with van der Waals surface area (Å²) in [5.41, 5.74) is 7.71. The number of rotatable bonds is 5. The summed E-state index contributed by atoms with van der Waals surface area (Å²) in [5.74, 6) is 0.364. The number of fused-ring (bicyclic) bond motifs is 2. The first-order chi connectivity index (χ1) is 15.2. The Bertz CT molecular complexity index is 1370. The molecule has 3 aromatic heterocycles. The zero-order valence-electron chi connectivity index (χ0n) is 17.0. The van der Waals surface area contributed by atoms with Crippen LogP contribution in [0, 0.1) is 0 Å². The number of pyridine rings is 2. The molecule has 6 heteroatoms. The van der Waals surface area contributed by atoms with Gasteiger partial charge in [0.1, 0.15) is 11.4 Å². The van der Waals surface area contributed by atoms with Crippen molar-refractivity contribution in [3.8, 4) is 28.0 Å². The Kier molecular flexibility index (Phi) is 4.59. The second-order valence-electron chi connectivity index (χ2n) is 7.29. The number of hydrogen-bond donors (Lipinski definition) is 2. The van der Waals surface area contributed by atoms with Gasteiger partial charge < -0.3 is 15.0 Å². The van der Waals surface area contributed by atoms with Crippen LogP contribution in [0.1, 0.15) is 11.3 Å². The molecule has 0 fully saturated rings. The molecule has 1 aliphatic carbocycles. The highest BCUT2D eigenvalue weighted by Crippen LogP contribution is 2.36. The fourth-order valence-electron chi connectivity index (χ4n) is 3.92. The monoisotopic (exact) mass is 408 g/mol. The lowest BCUT2D eigenvalue weighted by Gasteiger charge is -2.10. The lowest BCUT2D eigenvalue weighted by molar-refractivity contribution is -0.111. The number of aromatic nitrogens is 3. The summed E-state index contributed by atoms with van der Waals surface area (Å²) in [6.07, 6.45) is 12.0. The predicted molar refractivity (Wildman–Crippen MR) is 123 cm³/mol. The fourth-order valence-corrected chi connectivity index (χ4v) is 3.92. The highest BCUT2D eigenvalue weighted by atomic mass is 16.5. The first-order valence-corrected chi connectivity index (χ1v) is 9.91. The van der Waals surface area contributed by atoms with Crippen LogP contribution < -0.4 is 10.1 Å². The third kappa shape index (κ3) is 3.38. The molecule has 0 radical (unpaired) electrons. The van der Waals surface area contributed by atoms with Gasteiger partial charge in [-0.3, -0.25) is 9.78 Å². The number of carbonyl (C=O) groups is 1. The Morgan fingerprint density at radius 3 is 2.94 bits per heavy atom. The summed E-state index contributed by atoms with van der Waals surface area (Å²) >= 11 is 0. The van der Waals surface area contributed by atoms with Crippen LogP contribution in [0.2, 0.25) is 0 Å². The summed E-state index contributed by atoms with van der Waals surface area (Å²) in [5, 5.41) is 3.82. The summed E-state index contributed by atoms with van der Waals surface area (Å²) in [6.45, 7) is 3.51. The van der Waals surface area contributed by atoms with Crippen molar-refractivity contribution in [3.05, 3.63) is 78.9 Å². The quantitative estimate of drug-likeness (QED) is 0.456. The van der Waals surface area contributed by atoms with Crippen LogP contribution in [-0.2, 0) is 11.2 Å². The van der Waals surface area contributed by atoms with Crippen molar-refractivity contribution in [2.45, 2.75) is 6.42 Å². The number of nitrogens with one attached hydrogen (secondary N) is 2. The number of ether oxygens (including phenoxy) is 1. The maximum atomic E-state index is 11.8. The number of aromatic amines is 1. The summed E-state index contributed by atoms with van der Waals surface area (Å²) in [7, 11) is 1.60. The van der Waals surface area contributed by atoms with Gasteiger partial charge in [0.05, 0.1) is 12.8 Å². The second-order valence-corrected chi connectivity index (χ2v) is 7.29. The molecule has 3 heterocycles. The summed E-state index contributed by atoms with van der Waals surface area (Å²) in [4.78, 5) is 24.2. The molecule has 2 N–H and O–H groups in total. The molecule has 0 bridgehead atoms. The average molecular weight is 408 g/mol. The van der Waals surface area contributed by atoms with E-state index in [1.54, 1.807) is 13.2 Å². The molecule has 1 aliphatic rings. The molecule has 0 spiro atoms. The highest BCUT2D eigenvalue weighted by Gasteiger charge is 2.16. The van der Waals surface area contributed by atoms with Gasteiger partial charge in [-0.25, -0.2) is 4.98 Å². The minimum atomic E-state index is -0.278. The van der Waals surface area contributed by atoms with Gasteiger partial charge in [0.25, 0.3) is 0 Å².